The summed E-state index contributed by atoms with van der Waals surface area (Å²) in [6.07, 6.45) is 1.59. The Bertz CT molecular complexity index is 1670. The molecule has 1 atom stereocenters. The van der Waals surface area contributed by atoms with Gasteiger partial charge in [0.1, 0.15) is 24.7 Å². The number of anilines is 2. The summed E-state index contributed by atoms with van der Waals surface area (Å²) in [6.45, 7) is 2.79. The van der Waals surface area contributed by atoms with E-state index in [1.165, 1.54) is 11.8 Å². The molecule has 4 aromatic rings. The van der Waals surface area contributed by atoms with Crippen LogP contribution in [0, 0.1) is 0 Å². The van der Waals surface area contributed by atoms with Gasteiger partial charge in [-0.25, -0.2) is 0 Å². The van der Waals surface area contributed by atoms with Gasteiger partial charge in [0.25, 0.3) is 11.8 Å². The summed E-state index contributed by atoms with van der Waals surface area (Å²) < 4.78 is 16.4. The topological polar surface area (TPSA) is 115 Å². The van der Waals surface area contributed by atoms with Gasteiger partial charge in [0.05, 0.1) is 12.4 Å². The molecule has 1 unspecified atom stereocenters. The fourth-order valence-corrected chi connectivity index (χ4v) is 5.15. The Labute approximate surface area is 259 Å². The summed E-state index contributed by atoms with van der Waals surface area (Å²) in [5.74, 6) is 0.814. The molecule has 0 spiro atoms. The van der Waals surface area contributed by atoms with E-state index in [1.54, 1.807) is 86.0 Å². The van der Waals surface area contributed by atoms with Gasteiger partial charge in [0.15, 0.2) is 11.5 Å². The number of benzene rings is 4. The van der Waals surface area contributed by atoms with Gasteiger partial charge in [-0.2, -0.15) is 0 Å². The molecule has 0 radical (unpaired) electrons. The lowest BCUT2D eigenvalue weighted by molar-refractivity contribution is -0.115. The maximum Gasteiger partial charge on any atom is 0.272 e. The smallest absolute Gasteiger partial charge is 0.272 e. The van der Waals surface area contributed by atoms with Crippen LogP contribution in [0.25, 0.3) is 6.08 Å². The summed E-state index contributed by atoms with van der Waals surface area (Å²) in [5, 5.41) is 8.10. The van der Waals surface area contributed by atoms with E-state index in [-0.39, 0.29) is 11.6 Å². The summed E-state index contributed by atoms with van der Waals surface area (Å²) in [7, 11) is 1.56. The lowest BCUT2D eigenvalue weighted by Gasteiger charge is -2.19. The Morgan fingerprint density at radius 2 is 1.55 bits per heavy atom. The van der Waals surface area contributed by atoms with Crippen molar-refractivity contribution in [3.05, 3.63) is 114 Å². The molecule has 5 rings (SSSR count). The molecule has 0 saturated carbocycles. The Balaban J connectivity index is 1.23. The zero-order chi connectivity index (χ0) is 30.9. The van der Waals surface area contributed by atoms with Crippen molar-refractivity contribution in [1.29, 1.82) is 0 Å². The monoisotopic (exact) mass is 609 g/mol. The van der Waals surface area contributed by atoms with Crippen molar-refractivity contribution in [2.24, 2.45) is 0 Å². The van der Waals surface area contributed by atoms with Crippen LogP contribution in [0.15, 0.2) is 108 Å². The molecule has 224 valence electrons. The van der Waals surface area contributed by atoms with E-state index in [0.717, 1.165) is 4.90 Å². The lowest BCUT2D eigenvalue weighted by atomic mass is 10.1. The van der Waals surface area contributed by atoms with Crippen molar-refractivity contribution in [2.45, 2.75) is 17.1 Å². The normalized spacial score (nSPS) is 12.9. The van der Waals surface area contributed by atoms with E-state index in [4.69, 9.17) is 14.2 Å². The number of nitrogens with one attached hydrogen (secondary N) is 3. The Morgan fingerprint density at radius 3 is 2.30 bits per heavy atom. The van der Waals surface area contributed by atoms with E-state index in [1.807, 2.05) is 31.2 Å². The quantitative estimate of drug-likeness (QED) is 0.149. The van der Waals surface area contributed by atoms with Crippen molar-refractivity contribution in [2.75, 3.05) is 31.0 Å². The highest BCUT2D eigenvalue weighted by molar-refractivity contribution is 8.00. The van der Waals surface area contributed by atoms with Crippen molar-refractivity contribution >= 4 is 46.9 Å². The van der Waals surface area contributed by atoms with Crippen molar-refractivity contribution in [3.8, 4) is 17.2 Å². The molecule has 0 fully saturated rings. The molecule has 1 aliphatic rings. The van der Waals surface area contributed by atoms with Crippen LogP contribution in [0.2, 0.25) is 0 Å². The average molecular weight is 610 g/mol. The van der Waals surface area contributed by atoms with E-state index < -0.39 is 17.1 Å². The SMILES string of the molecule is COc1cccc(/C=C(\NC(=O)c2ccccc2)C(=O)Nc2ccc(SC(C)C(=O)Nc3ccc4c(c3)OCCO4)cc2)c1. The lowest BCUT2D eigenvalue weighted by Crippen LogP contribution is -2.30. The van der Waals surface area contributed by atoms with Crippen LogP contribution < -0.4 is 30.2 Å². The van der Waals surface area contributed by atoms with Crippen molar-refractivity contribution in [1.82, 2.24) is 5.32 Å². The third-order valence-corrected chi connectivity index (χ3v) is 7.65. The van der Waals surface area contributed by atoms with Gasteiger partial charge in [-0.1, -0.05) is 30.3 Å². The molecular weight excluding hydrogens is 578 g/mol. The molecule has 0 saturated heterocycles. The van der Waals surface area contributed by atoms with E-state index in [2.05, 4.69) is 16.0 Å². The second-order valence-corrected chi connectivity index (χ2v) is 11.2. The first-order chi connectivity index (χ1) is 21.4. The first-order valence-electron chi connectivity index (χ1n) is 13.9. The number of amides is 3. The maximum absolute atomic E-state index is 13.4. The molecule has 0 aliphatic carbocycles. The van der Waals surface area contributed by atoms with Gasteiger partial charge in [0, 0.05) is 27.9 Å². The Morgan fingerprint density at radius 1 is 0.818 bits per heavy atom. The molecule has 1 heterocycles. The highest BCUT2D eigenvalue weighted by Crippen LogP contribution is 2.33. The molecule has 1 aliphatic heterocycles. The Hall–Kier alpha value is -5.22. The molecule has 0 aromatic heterocycles. The predicted molar refractivity (Wildman–Crippen MR) is 171 cm³/mol. The summed E-state index contributed by atoms with van der Waals surface area (Å²) in [6, 6.07) is 28.3. The second kappa shape index (κ2) is 14.3. The third kappa shape index (κ3) is 7.99. The number of ether oxygens (including phenoxy) is 3. The first-order valence-corrected chi connectivity index (χ1v) is 14.8. The Kier molecular flexibility index (Phi) is 9.83. The van der Waals surface area contributed by atoms with Crippen LogP contribution in [0.1, 0.15) is 22.8 Å². The molecule has 3 amide bonds. The van der Waals surface area contributed by atoms with Crippen LogP contribution in [0.5, 0.6) is 17.2 Å². The number of fused-ring (bicyclic) bond motifs is 1. The minimum Gasteiger partial charge on any atom is -0.497 e. The molecule has 3 N–H and O–H groups in total. The number of methoxy groups -OCH3 is 1. The van der Waals surface area contributed by atoms with Crippen molar-refractivity contribution < 1.29 is 28.6 Å². The summed E-state index contributed by atoms with van der Waals surface area (Å²) in [5.41, 5.74) is 2.32. The van der Waals surface area contributed by atoms with E-state index in [0.29, 0.717) is 53.0 Å². The minimum absolute atomic E-state index is 0.0648. The molecule has 9 nitrogen and oxygen atoms in total. The van der Waals surface area contributed by atoms with E-state index in [9.17, 15) is 14.4 Å². The number of carbonyl (C=O) groups excluding carboxylic acids is 3. The largest absolute Gasteiger partial charge is 0.497 e. The second-order valence-electron chi connectivity index (χ2n) is 9.74. The van der Waals surface area contributed by atoms with Gasteiger partial charge in [-0.3, -0.25) is 14.4 Å². The zero-order valence-electron chi connectivity index (χ0n) is 24.2. The van der Waals surface area contributed by atoms with Gasteiger partial charge in [-0.15, -0.1) is 11.8 Å². The van der Waals surface area contributed by atoms with E-state index >= 15 is 0 Å². The van der Waals surface area contributed by atoms with Crippen LogP contribution in [-0.4, -0.2) is 43.3 Å². The third-order valence-electron chi connectivity index (χ3n) is 6.54. The van der Waals surface area contributed by atoms with Crippen molar-refractivity contribution in [3.63, 3.8) is 0 Å². The number of thioether (sulfide) groups is 1. The first kappa shape index (κ1) is 30.2. The number of hydrogen-bond donors (Lipinski definition) is 3. The summed E-state index contributed by atoms with van der Waals surface area (Å²) in [4.78, 5) is 39.9. The van der Waals surface area contributed by atoms with Crippen LogP contribution >= 0.6 is 11.8 Å². The fourth-order valence-electron chi connectivity index (χ4n) is 4.28. The van der Waals surface area contributed by atoms with Crippen LogP contribution in [0.4, 0.5) is 11.4 Å². The average Bonchev–Trinajstić information content (AvgIpc) is 3.05. The highest BCUT2D eigenvalue weighted by Gasteiger charge is 2.18. The van der Waals surface area contributed by atoms with Gasteiger partial charge in [-0.05, 0) is 79.2 Å². The molecular formula is C34H31N3O6S. The molecule has 44 heavy (non-hydrogen) atoms. The van der Waals surface area contributed by atoms with Gasteiger partial charge < -0.3 is 30.2 Å². The fraction of sp³-hybridized carbons (Fsp3) is 0.147. The number of hydrogen-bond acceptors (Lipinski definition) is 7. The molecule has 4 aromatic carbocycles. The van der Waals surface area contributed by atoms with Crippen LogP contribution in [0.3, 0.4) is 0 Å². The maximum atomic E-state index is 13.4. The molecule has 0 bridgehead atoms. The number of rotatable bonds is 10. The van der Waals surface area contributed by atoms with Gasteiger partial charge >= 0.3 is 0 Å². The molecule has 10 heteroatoms. The predicted octanol–water partition coefficient (Wildman–Crippen LogP) is 6.00. The standard InChI is InChI=1S/C34H31N3O6S/c1-22(32(38)36-26-13-16-30-31(21-26)43-18-17-42-30)44-28-14-11-25(12-15-28)35-34(40)29(20-23-7-6-10-27(19-23)41-2)37-33(39)24-8-4-3-5-9-24/h3-16,19-22H,17-18H2,1-2H3,(H,35,40)(H,36,38)(H,37,39)/b29-20-. The number of carbonyl (C=O) groups is 3. The minimum atomic E-state index is -0.496. The zero-order valence-corrected chi connectivity index (χ0v) is 25.0. The highest BCUT2D eigenvalue weighted by atomic mass is 32.2. The summed E-state index contributed by atoms with van der Waals surface area (Å²) >= 11 is 1.38. The van der Waals surface area contributed by atoms with Gasteiger partial charge in [0.2, 0.25) is 5.91 Å². The van der Waals surface area contributed by atoms with Crippen LogP contribution in [-0.2, 0) is 9.59 Å².